The highest BCUT2D eigenvalue weighted by atomic mass is 35.5. The molecule has 0 aromatic heterocycles. The number of hydrogen-bond donors (Lipinski definition) is 1. The van der Waals surface area contributed by atoms with Gasteiger partial charge in [0, 0.05) is 10.7 Å². The van der Waals surface area contributed by atoms with Gasteiger partial charge in [-0.05, 0) is 37.6 Å². The number of ether oxygens (including phenoxy) is 1. The molecule has 2 aromatic carbocycles. The van der Waals surface area contributed by atoms with Crippen LogP contribution in [0.15, 0.2) is 64.8 Å². The molecule has 0 saturated heterocycles. The number of halogens is 1. The predicted molar refractivity (Wildman–Crippen MR) is 112 cm³/mol. The van der Waals surface area contributed by atoms with Crippen molar-refractivity contribution in [2.24, 2.45) is 4.99 Å². The molecule has 0 bridgehead atoms. The Kier molecular flexibility index (Phi) is 5.81. The van der Waals surface area contributed by atoms with E-state index in [1.165, 1.54) is 0 Å². The molecule has 1 aliphatic heterocycles. The third-order valence-corrected chi connectivity index (χ3v) is 5.11. The second-order valence-electron chi connectivity index (χ2n) is 6.48. The van der Waals surface area contributed by atoms with Gasteiger partial charge in [0.25, 0.3) is 11.9 Å². The fourth-order valence-corrected chi connectivity index (χ4v) is 3.73. The summed E-state index contributed by atoms with van der Waals surface area (Å²) in [6.45, 7) is 11.3. The number of carbonyl (C=O) groups is 1. The second-order valence-corrected chi connectivity index (χ2v) is 6.89. The number of allylic oxidation sites excluding steroid dienone is 1. The Morgan fingerprint density at radius 3 is 2.54 bits per heavy atom. The molecule has 2 atom stereocenters. The molecule has 0 aliphatic carbocycles. The van der Waals surface area contributed by atoms with Crippen molar-refractivity contribution < 1.29 is 9.53 Å². The Morgan fingerprint density at radius 1 is 1.18 bits per heavy atom. The van der Waals surface area contributed by atoms with E-state index in [-0.39, 0.29) is 5.91 Å². The van der Waals surface area contributed by atoms with Crippen molar-refractivity contribution in [2.75, 3.05) is 12.4 Å². The Labute approximate surface area is 169 Å². The molecule has 28 heavy (non-hydrogen) atoms. The third kappa shape index (κ3) is 3.64. The Morgan fingerprint density at radius 2 is 1.86 bits per heavy atom. The summed E-state index contributed by atoms with van der Waals surface area (Å²) >= 11 is 6.44. The normalized spacial score (nSPS) is 18.9. The molecule has 0 saturated carbocycles. The van der Waals surface area contributed by atoms with Gasteiger partial charge in [-0.15, -0.1) is 0 Å². The molecule has 1 amide bonds. The summed E-state index contributed by atoms with van der Waals surface area (Å²) in [5.74, 6) is -0.268. The van der Waals surface area contributed by atoms with Gasteiger partial charge in [-0.3, -0.25) is 9.79 Å². The third-order valence-electron chi connectivity index (χ3n) is 4.77. The zero-order valence-electron chi connectivity index (χ0n) is 15.9. The summed E-state index contributed by atoms with van der Waals surface area (Å²) < 4.78 is 5.32. The van der Waals surface area contributed by atoms with Crippen LogP contribution in [0.1, 0.15) is 25.3 Å². The van der Waals surface area contributed by atoms with Crippen LogP contribution >= 0.6 is 11.6 Å². The molecule has 6 heteroatoms. The van der Waals surface area contributed by atoms with Crippen molar-refractivity contribution in [2.45, 2.75) is 25.8 Å². The van der Waals surface area contributed by atoms with E-state index in [4.69, 9.17) is 22.9 Å². The largest absolute Gasteiger partial charge is 0.495 e. The van der Waals surface area contributed by atoms with Gasteiger partial charge < -0.3 is 14.9 Å². The lowest BCUT2D eigenvalue weighted by Gasteiger charge is -2.27. The molecule has 0 spiro atoms. The predicted octanol–water partition coefficient (Wildman–Crippen LogP) is 5.11. The van der Waals surface area contributed by atoms with E-state index in [9.17, 15) is 4.79 Å². The maximum atomic E-state index is 13.3. The Balaban J connectivity index is 2.09. The first-order chi connectivity index (χ1) is 13.5. The number of anilines is 1. The monoisotopic (exact) mass is 393 g/mol. The van der Waals surface area contributed by atoms with Crippen molar-refractivity contribution in [1.29, 1.82) is 0 Å². The number of carbonyl (C=O) groups excluding carboxylic acids is 1. The SMILES string of the molecule is [C-]#[N+]C1C(C)=NC(C)=C(C(=O)Nc2ccccc2OC)C1c1ccccc1Cl. The molecule has 142 valence electrons. The van der Waals surface area contributed by atoms with Gasteiger partial charge >= 0.3 is 0 Å². The number of nitrogens with zero attached hydrogens (tertiary/aromatic N) is 2. The number of amides is 1. The van der Waals surface area contributed by atoms with Gasteiger partial charge in [-0.25, -0.2) is 6.57 Å². The van der Waals surface area contributed by atoms with Gasteiger partial charge in [-0.2, -0.15) is 0 Å². The lowest BCUT2D eigenvalue weighted by molar-refractivity contribution is -0.113. The highest BCUT2D eigenvalue weighted by molar-refractivity contribution is 6.31. The molecule has 3 rings (SSSR count). The number of benzene rings is 2. The van der Waals surface area contributed by atoms with E-state index in [0.717, 1.165) is 5.56 Å². The van der Waals surface area contributed by atoms with Crippen molar-refractivity contribution in [3.63, 3.8) is 0 Å². The number of nitrogens with one attached hydrogen (secondary N) is 1. The lowest BCUT2D eigenvalue weighted by atomic mass is 9.80. The van der Waals surface area contributed by atoms with E-state index in [1.807, 2.05) is 37.3 Å². The van der Waals surface area contributed by atoms with E-state index >= 15 is 0 Å². The zero-order valence-corrected chi connectivity index (χ0v) is 16.6. The summed E-state index contributed by atoms with van der Waals surface area (Å²) in [4.78, 5) is 21.5. The Hall–Kier alpha value is -3.10. The van der Waals surface area contributed by atoms with Crippen LogP contribution in [0.4, 0.5) is 5.69 Å². The highest BCUT2D eigenvalue weighted by Crippen LogP contribution is 2.40. The van der Waals surface area contributed by atoms with Crippen molar-refractivity contribution in [3.8, 4) is 5.75 Å². The van der Waals surface area contributed by atoms with Crippen LogP contribution < -0.4 is 10.1 Å². The van der Waals surface area contributed by atoms with Crippen LogP contribution in [-0.4, -0.2) is 24.8 Å². The number of para-hydroxylation sites is 2. The quantitative estimate of drug-likeness (QED) is 0.734. The molecule has 2 aromatic rings. The fourth-order valence-electron chi connectivity index (χ4n) is 3.48. The average molecular weight is 394 g/mol. The molecule has 1 aliphatic rings. The summed E-state index contributed by atoms with van der Waals surface area (Å²) in [6, 6.07) is 13.9. The van der Waals surface area contributed by atoms with Gasteiger partial charge in [0.05, 0.1) is 30.0 Å². The number of aliphatic imine (C=N–C) groups is 1. The van der Waals surface area contributed by atoms with Crippen LogP contribution in [0.25, 0.3) is 4.85 Å². The Bertz CT molecular complexity index is 1020. The standard InChI is InChI=1S/C22H20ClN3O2/c1-13-19(22(27)26-17-11-7-8-12-18(17)28-4)20(21(24-3)14(2)25-13)15-9-5-6-10-16(15)23/h5-12,20-21H,1-2,4H3,(H,26,27). The van der Waals surface area contributed by atoms with Crippen LogP contribution in [0, 0.1) is 6.57 Å². The number of methoxy groups -OCH3 is 1. The maximum absolute atomic E-state index is 13.3. The van der Waals surface area contributed by atoms with Crippen molar-refractivity contribution in [3.05, 3.63) is 81.8 Å². The molecule has 0 radical (unpaired) electrons. The van der Waals surface area contributed by atoms with E-state index < -0.39 is 12.0 Å². The number of rotatable bonds is 4. The van der Waals surface area contributed by atoms with Gasteiger partial charge in [-0.1, -0.05) is 41.9 Å². The molecule has 0 fully saturated rings. The van der Waals surface area contributed by atoms with E-state index in [0.29, 0.717) is 33.4 Å². The van der Waals surface area contributed by atoms with Crippen LogP contribution in [0.3, 0.4) is 0 Å². The second kappa shape index (κ2) is 8.28. The summed E-state index contributed by atoms with van der Waals surface area (Å²) in [7, 11) is 1.55. The first kappa shape index (κ1) is 19.7. The minimum atomic E-state index is -0.595. The summed E-state index contributed by atoms with van der Waals surface area (Å²) in [5, 5.41) is 3.42. The lowest BCUT2D eigenvalue weighted by Crippen LogP contribution is -2.34. The van der Waals surface area contributed by atoms with Gasteiger partial charge in [0.15, 0.2) is 0 Å². The summed E-state index contributed by atoms with van der Waals surface area (Å²) in [5.41, 5.74) is 2.98. The van der Waals surface area contributed by atoms with Crippen molar-refractivity contribution >= 4 is 28.9 Å². The number of hydrogen-bond acceptors (Lipinski definition) is 3. The van der Waals surface area contributed by atoms with Crippen LogP contribution in [0.2, 0.25) is 5.02 Å². The molecule has 2 unspecified atom stereocenters. The molecular weight excluding hydrogens is 374 g/mol. The molecule has 1 heterocycles. The fraction of sp³-hybridized carbons (Fsp3) is 0.227. The maximum Gasteiger partial charge on any atom is 0.272 e. The molecule has 5 nitrogen and oxygen atoms in total. The van der Waals surface area contributed by atoms with E-state index in [1.54, 1.807) is 32.2 Å². The topological polar surface area (TPSA) is 55.0 Å². The van der Waals surface area contributed by atoms with Gasteiger partial charge in [0.2, 0.25) is 0 Å². The highest BCUT2D eigenvalue weighted by Gasteiger charge is 2.42. The summed E-state index contributed by atoms with van der Waals surface area (Å²) in [6.07, 6.45) is 0. The molecular formula is C22H20ClN3O2. The first-order valence-corrected chi connectivity index (χ1v) is 9.17. The van der Waals surface area contributed by atoms with Gasteiger partial charge in [0.1, 0.15) is 5.75 Å². The smallest absolute Gasteiger partial charge is 0.272 e. The minimum absolute atomic E-state index is 0.322. The van der Waals surface area contributed by atoms with Crippen LogP contribution in [-0.2, 0) is 4.79 Å². The van der Waals surface area contributed by atoms with Crippen molar-refractivity contribution in [1.82, 2.24) is 0 Å². The van der Waals surface area contributed by atoms with Crippen LogP contribution in [0.5, 0.6) is 5.75 Å². The minimum Gasteiger partial charge on any atom is -0.495 e. The first-order valence-electron chi connectivity index (χ1n) is 8.79. The zero-order chi connectivity index (χ0) is 20.3. The van der Waals surface area contributed by atoms with E-state index in [2.05, 4.69) is 15.2 Å². The average Bonchev–Trinajstić information content (AvgIpc) is 2.68. The molecule has 1 N–H and O–H groups in total.